The van der Waals surface area contributed by atoms with Gasteiger partial charge < -0.3 is 4.74 Å². The van der Waals surface area contributed by atoms with Crippen molar-refractivity contribution in [3.8, 4) is 0 Å². The van der Waals surface area contributed by atoms with Crippen molar-refractivity contribution in [3.63, 3.8) is 0 Å². The van der Waals surface area contributed by atoms with Crippen LogP contribution in [0.25, 0.3) is 0 Å². The molecule has 1 aliphatic rings. The van der Waals surface area contributed by atoms with Crippen LogP contribution in [0, 0.1) is 20.8 Å². The number of benzene rings is 3. The molecule has 0 saturated carbocycles. The molecule has 212 valence electrons. The Morgan fingerprint density at radius 2 is 1.48 bits per heavy atom. The highest BCUT2D eigenvalue weighted by molar-refractivity contribution is 7.89. The van der Waals surface area contributed by atoms with E-state index in [-0.39, 0.29) is 11.4 Å². The van der Waals surface area contributed by atoms with Crippen LogP contribution in [0.5, 0.6) is 0 Å². The number of fused-ring (bicyclic) bond motifs is 1. The molecular weight excluding hydrogens is 524 g/mol. The summed E-state index contributed by atoms with van der Waals surface area (Å²) in [4.78, 5) is 29.1. The molecule has 3 aromatic rings. The van der Waals surface area contributed by atoms with Gasteiger partial charge in [0.25, 0.3) is 0 Å². The summed E-state index contributed by atoms with van der Waals surface area (Å²) in [6.07, 6.45) is -0.768. The van der Waals surface area contributed by atoms with E-state index in [1.54, 1.807) is 53.7 Å². The molecule has 2 amide bonds. The van der Waals surface area contributed by atoms with Crippen molar-refractivity contribution in [1.29, 1.82) is 0 Å². The second-order valence-corrected chi connectivity index (χ2v) is 13.7. The molecule has 0 radical (unpaired) electrons. The lowest BCUT2D eigenvalue weighted by Gasteiger charge is -2.44. The number of hydrogen-bond donors (Lipinski definition) is 1. The Labute approximate surface area is 237 Å². The monoisotopic (exact) mass is 562 g/mol. The van der Waals surface area contributed by atoms with E-state index in [9.17, 15) is 18.0 Å². The smallest absolute Gasteiger partial charge is 0.421 e. The molecular formula is C32H38N2O5S. The van der Waals surface area contributed by atoms with Gasteiger partial charge in [-0.25, -0.2) is 22.8 Å². The summed E-state index contributed by atoms with van der Waals surface area (Å²) >= 11 is 0. The first-order valence-corrected chi connectivity index (χ1v) is 14.8. The number of hydrogen-bond acceptors (Lipinski definition) is 5. The zero-order valence-corrected chi connectivity index (χ0v) is 25.3. The lowest BCUT2D eigenvalue weighted by atomic mass is 9.59. The minimum atomic E-state index is -3.95. The van der Waals surface area contributed by atoms with Crippen molar-refractivity contribution < 1.29 is 22.7 Å². The number of rotatable bonds is 6. The molecule has 0 saturated heterocycles. The van der Waals surface area contributed by atoms with Crippen molar-refractivity contribution in [2.45, 2.75) is 76.7 Å². The number of imide groups is 1. The lowest BCUT2D eigenvalue weighted by molar-refractivity contribution is -0.124. The molecule has 0 bridgehead atoms. The summed E-state index contributed by atoms with van der Waals surface area (Å²) in [6, 6.07) is 20.2. The number of ether oxygens (including phenoxy) is 1. The number of nitrogens with one attached hydrogen (secondary N) is 1. The molecule has 0 fully saturated rings. The van der Waals surface area contributed by atoms with Gasteiger partial charge in [0.1, 0.15) is 5.60 Å². The van der Waals surface area contributed by atoms with E-state index in [0.717, 1.165) is 16.0 Å². The predicted molar refractivity (Wildman–Crippen MR) is 157 cm³/mol. The van der Waals surface area contributed by atoms with Gasteiger partial charge >= 0.3 is 6.09 Å². The highest BCUT2D eigenvalue weighted by Gasteiger charge is 2.60. The molecule has 0 unspecified atom stereocenters. The van der Waals surface area contributed by atoms with Gasteiger partial charge in [0.2, 0.25) is 15.9 Å². The molecule has 1 heterocycles. The van der Waals surface area contributed by atoms with Crippen LogP contribution in [0.15, 0.2) is 71.6 Å². The van der Waals surface area contributed by atoms with Crippen molar-refractivity contribution >= 4 is 27.7 Å². The second-order valence-electron chi connectivity index (χ2n) is 12.0. The number of aryl methyl sites for hydroxylation is 3. The van der Waals surface area contributed by atoms with E-state index in [0.29, 0.717) is 22.4 Å². The zero-order valence-electron chi connectivity index (χ0n) is 24.5. The Kier molecular flexibility index (Phi) is 7.49. The number of para-hydroxylation sites is 1. The Morgan fingerprint density at radius 1 is 0.925 bits per heavy atom. The predicted octanol–water partition coefficient (Wildman–Crippen LogP) is 6.09. The number of nitrogens with zero attached hydrogens (tertiary/aromatic N) is 1. The Hall–Kier alpha value is -3.49. The standard InChI is InChI=1S/C32H38N2O5S/c1-21-18-22(2)27(23(3)19-21)40(37,38)33-20-31(7,24-14-10-9-11-15-24)32(8)25-16-12-13-17-26(25)34(28(32)35)29(36)39-30(4,5)6/h9-19,33H,20H2,1-8H3/t31-,32+/m0/s1. The fourth-order valence-corrected chi connectivity index (χ4v) is 7.43. The van der Waals surface area contributed by atoms with E-state index >= 15 is 0 Å². The summed E-state index contributed by atoms with van der Waals surface area (Å²) in [7, 11) is -3.95. The number of carbonyl (C=O) groups excluding carboxylic acids is 2. The fraction of sp³-hybridized carbons (Fsp3) is 0.375. The number of amides is 2. The largest absolute Gasteiger partial charge is 0.443 e. The average Bonchev–Trinajstić information content (AvgIpc) is 3.09. The molecule has 8 heteroatoms. The molecule has 1 N–H and O–H groups in total. The maximum absolute atomic E-state index is 14.4. The fourth-order valence-electron chi connectivity index (χ4n) is 5.84. The maximum atomic E-state index is 14.4. The SMILES string of the molecule is Cc1cc(C)c(S(=O)(=O)NC[C@@](C)(c2ccccc2)[C@@]2(C)C(=O)N(C(=O)OC(C)(C)C)c3ccccc32)c(C)c1. The van der Waals surface area contributed by atoms with Crippen molar-refractivity contribution in [2.75, 3.05) is 11.4 Å². The van der Waals surface area contributed by atoms with Gasteiger partial charge in [-0.05, 0) is 76.8 Å². The lowest BCUT2D eigenvalue weighted by Crippen LogP contribution is -2.57. The first-order chi connectivity index (χ1) is 18.5. The first-order valence-electron chi connectivity index (χ1n) is 13.3. The Morgan fingerprint density at radius 3 is 2.05 bits per heavy atom. The van der Waals surface area contributed by atoms with Crippen LogP contribution in [0.2, 0.25) is 0 Å². The molecule has 2 atom stereocenters. The van der Waals surface area contributed by atoms with Crippen LogP contribution < -0.4 is 9.62 Å². The second kappa shape index (κ2) is 10.2. The first kappa shape index (κ1) is 29.5. The van der Waals surface area contributed by atoms with Crippen molar-refractivity contribution in [1.82, 2.24) is 4.72 Å². The third-order valence-corrected chi connectivity index (χ3v) is 9.60. The van der Waals surface area contributed by atoms with Crippen LogP contribution in [-0.4, -0.2) is 32.6 Å². The topological polar surface area (TPSA) is 92.8 Å². The molecule has 7 nitrogen and oxygen atoms in total. The maximum Gasteiger partial charge on any atom is 0.421 e. The number of sulfonamides is 1. The van der Waals surface area contributed by atoms with Gasteiger partial charge in [0, 0.05) is 12.0 Å². The van der Waals surface area contributed by atoms with E-state index < -0.39 is 38.5 Å². The highest BCUT2D eigenvalue weighted by atomic mass is 32.2. The summed E-state index contributed by atoms with van der Waals surface area (Å²) in [5.74, 6) is -0.476. The number of anilines is 1. The highest BCUT2D eigenvalue weighted by Crippen LogP contribution is 2.53. The average molecular weight is 563 g/mol. The summed E-state index contributed by atoms with van der Waals surface area (Å²) in [5, 5.41) is 0. The zero-order chi connectivity index (χ0) is 29.7. The molecule has 3 aromatic carbocycles. The molecule has 4 rings (SSSR count). The van der Waals surface area contributed by atoms with Crippen molar-refractivity contribution in [2.24, 2.45) is 0 Å². The quantitative estimate of drug-likeness (QED) is 0.393. The van der Waals surface area contributed by atoms with Crippen LogP contribution >= 0.6 is 0 Å². The van der Waals surface area contributed by atoms with Gasteiger partial charge in [-0.1, -0.05) is 73.2 Å². The van der Waals surface area contributed by atoms with E-state index in [1.807, 2.05) is 68.4 Å². The minimum absolute atomic E-state index is 0.0924. The van der Waals surface area contributed by atoms with E-state index in [4.69, 9.17) is 4.74 Å². The summed E-state index contributed by atoms with van der Waals surface area (Å²) < 4.78 is 36.0. The molecule has 1 aliphatic heterocycles. The van der Waals surface area contributed by atoms with Crippen LogP contribution in [-0.2, 0) is 30.4 Å². The summed E-state index contributed by atoms with van der Waals surface area (Å²) in [5.41, 5.74) is 0.857. The third kappa shape index (κ3) is 4.95. The molecule has 0 aliphatic carbocycles. The van der Waals surface area contributed by atoms with Crippen LogP contribution in [0.1, 0.15) is 62.4 Å². The van der Waals surface area contributed by atoms with Gasteiger partial charge in [-0.15, -0.1) is 0 Å². The van der Waals surface area contributed by atoms with Crippen molar-refractivity contribution in [3.05, 3.63) is 94.5 Å². The molecule has 0 aromatic heterocycles. The Balaban J connectivity index is 1.86. The summed E-state index contributed by atoms with van der Waals surface area (Å²) in [6.45, 7) is 14.3. The van der Waals surface area contributed by atoms with Gasteiger partial charge in [-0.2, -0.15) is 0 Å². The number of carbonyl (C=O) groups is 2. The van der Waals surface area contributed by atoms with Crippen LogP contribution in [0.4, 0.5) is 10.5 Å². The van der Waals surface area contributed by atoms with Crippen LogP contribution in [0.3, 0.4) is 0 Å². The normalized spacial score (nSPS) is 18.8. The molecule has 0 spiro atoms. The third-order valence-electron chi connectivity index (χ3n) is 7.89. The van der Waals surface area contributed by atoms with Gasteiger partial charge in [0.05, 0.1) is 16.0 Å². The van der Waals surface area contributed by atoms with Gasteiger partial charge in [-0.3, -0.25) is 4.79 Å². The van der Waals surface area contributed by atoms with E-state index in [1.165, 1.54) is 0 Å². The molecule has 40 heavy (non-hydrogen) atoms. The van der Waals surface area contributed by atoms with E-state index in [2.05, 4.69) is 4.72 Å². The minimum Gasteiger partial charge on any atom is -0.443 e. The van der Waals surface area contributed by atoms with Gasteiger partial charge in [0.15, 0.2) is 0 Å². The Bertz CT molecular complexity index is 1550.